The monoisotopic (exact) mass is 405 g/mol. The fourth-order valence-electron chi connectivity index (χ4n) is 3.89. The van der Waals surface area contributed by atoms with E-state index in [-0.39, 0.29) is 5.91 Å². The lowest BCUT2D eigenvalue weighted by molar-refractivity contribution is 0.0746. The zero-order chi connectivity index (χ0) is 21.1. The molecule has 156 valence electrons. The standard InChI is InChI=1S/C23H27N5O2/c1-17-13-20(14-18(2)21(17)30-16-19-5-4-6-24-15-19)22(29)27-9-11-28(12-10-27)23-25-7-8-26(23)3/h4-8,13-15H,9-12,16H2,1-3H3. The van der Waals surface area contributed by atoms with E-state index in [1.54, 1.807) is 18.6 Å². The van der Waals surface area contributed by atoms with Crippen LogP contribution in [0.1, 0.15) is 27.0 Å². The van der Waals surface area contributed by atoms with Crippen LogP contribution in [0.25, 0.3) is 0 Å². The Morgan fingerprint density at radius 3 is 2.43 bits per heavy atom. The second kappa shape index (κ2) is 8.57. The average molecular weight is 406 g/mol. The summed E-state index contributed by atoms with van der Waals surface area (Å²) in [6.45, 7) is 7.36. The number of pyridine rings is 1. The van der Waals surface area contributed by atoms with E-state index in [9.17, 15) is 4.79 Å². The molecule has 30 heavy (non-hydrogen) atoms. The van der Waals surface area contributed by atoms with E-state index in [1.165, 1.54) is 0 Å². The number of hydrogen-bond acceptors (Lipinski definition) is 5. The molecular formula is C23H27N5O2. The Hall–Kier alpha value is -3.35. The van der Waals surface area contributed by atoms with Gasteiger partial charge in [0.05, 0.1) is 0 Å². The smallest absolute Gasteiger partial charge is 0.253 e. The van der Waals surface area contributed by atoms with Crippen molar-refractivity contribution in [1.29, 1.82) is 0 Å². The number of rotatable bonds is 5. The maximum absolute atomic E-state index is 13.1. The molecule has 0 unspecified atom stereocenters. The number of aromatic nitrogens is 3. The molecule has 0 atom stereocenters. The molecule has 1 saturated heterocycles. The zero-order valence-electron chi connectivity index (χ0n) is 17.7. The van der Waals surface area contributed by atoms with Crippen molar-refractivity contribution in [2.75, 3.05) is 31.1 Å². The molecule has 1 aromatic carbocycles. The first-order valence-electron chi connectivity index (χ1n) is 10.2. The second-order valence-corrected chi connectivity index (χ2v) is 7.71. The summed E-state index contributed by atoms with van der Waals surface area (Å²) in [7, 11) is 1.99. The molecule has 7 heteroatoms. The van der Waals surface area contributed by atoms with E-state index in [0.29, 0.717) is 25.3 Å². The number of imidazole rings is 1. The van der Waals surface area contributed by atoms with Gasteiger partial charge in [-0.1, -0.05) is 6.07 Å². The highest BCUT2D eigenvalue weighted by Gasteiger charge is 2.24. The number of amides is 1. The van der Waals surface area contributed by atoms with Gasteiger partial charge in [-0.25, -0.2) is 4.98 Å². The highest BCUT2D eigenvalue weighted by molar-refractivity contribution is 5.95. The number of aryl methyl sites for hydroxylation is 3. The van der Waals surface area contributed by atoms with Gasteiger partial charge < -0.3 is 19.1 Å². The van der Waals surface area contributed by atoms with Crippen LogP contribution < -0.4 is 9.64 Å². The minimum atomic E-state index is 0.0690. The molecule has 4 rings (SSSR count). The topological polar surface area (TPSA) is 63.5 Å². The third-order valence-electron chi connectivity index (χ3n) is 5.46. The summed E-state index contributed by atoms with van der Waals surface area (Å²) in [4.78, 5) is 25.8. The maximum atomic E-state index is 13.1. The fourth-order valence-corrected chi connectivity index (χ4v) is 3.89. The van der Waals surface area contributed by atoms with E-state index in [2.05, 4.69) is 14.9 Å². The predicted molar refractivity (Wildman–Crippen MR) is 116 cm³/mol. The first-order chi connectivity index (χ1) is 14.5. The zero-order valence-corrected chi connectivity index (χ0v) is 17.7. The maximum Gasteiger partial charge on any atom is 0.253 e. The van der Waals surface area contributed by atoms with Crippen LogP contribution in [-0.2, 0) is 13.7 Å². The van der Waals surface area contributed by atoms with Gasteiger partial charge >= 0.3 is 0 Å². The molecule has 7 nitrogen and oxygen atoms in total. The molecule has 1 amide bonds. The van der Waals surface area contributed by atoms with Gasteiger partial charge in [0.1, 0.15) is 12.4 Å². The number of piperazine rings is 1. The van der Waals surface area contributed by atoms with E-state index in [1.807, 2.05) is 60.8 Å². The lowest BCUT2D eigenvalue weighted by atomic mass is 10.0. The highest BCUT2D eigenvalue weighted by atomic mass is 16.5. The van der Waals surface area contributed by atoms with E-state index in [0.717, 1.165) is 41.5 Å². The van der Waals surface area contributed by atoms with Crippen molar-refractivity contribution in [3.63, 3.8) is 0 Å². The third kappa shape index (κ3) is 4.15. The van der Waals surface area contributed by atoms with Gasteiger partial charge in [-0.3, -0.25) is 9.78 Å². The van der Waals surface area contributed by atoms with Crippen LogP contribution in [-0.4, -0.2) is 51.5 Å². The normalized spacial score (nSPS) is 14.1. The lowest BCUT2D eigenvalue weighted by Gasteiger charge is -2.35. The molecule has 1 fully saturated rings. The van der Waals surface area contributed by atoms with Crippen molar-refractivity contribution >= 4 is 11.9 Å². The molecule has 0 N–H and O–H groups in total. The summed E-state index contributed by atoms with van der Waals surface area (Å²) in [5, 5.41) is 0. The van der Waals surface area contributed by atoms with Crippen molar-refractivity contribution < 1.29 is 9.53 Å². The van der Waals surface area contributed by atoms with Crippen molar-refractivity contribution in [3.8, 4) is 5.75 Å². The highest BCUT2D eigenvalue weighted by Crippen LogP contribution is 2.27. The molecule has 0 spiro atoms. The van der Waals surface area contributed by atoms with Crippen LogP contribution in [0.15, 0.2) is 49.1 Å². The number of carbonyl (C=O) groups excluding carboxylic acids is 1. The Morgan fingerprint density at radius 2 is 1.83 bits per heavy atom. The minimum Gasteiger partial charge on any atom is -0.488 e. The average Bonchev–Trinajstić information content (AvgIpc) is 3.19. The van der Waals surface area contributed by atoms with Gasteiger partial charge in [0.15, 0.2) is 0 Å². The molecule has 1 aliphatic heterocycles. The number of nitrogens with zero attached hydrogens (tertiary/aromatic N) is 5. The molecular weight excluding hydrogens is 378 g/mol. The Kier molecular flexibility index (Phi) is 5.70. The Balaban J connectivity index is 1.41. The summed E-state index contributed by atoms with van der Waals surface area (Å²) in [5.41, 5.74) is 3.66. The summed E-state index contributed by atoms with van der Waals surface area (Å²) in [6, 6.07) is 7.74. The van der Waals surface area contributed by atoms with Crippen LogP contribution in [0.2, 0.25) is 0 Å². The van der Waals surface area contributed by atoms with Crippen molar-refractivity contribution in [2.45, 2.75) is 20.5 Å². The van der Waals surface area contributed by atoms with Gasteiger partial charge in [-0.05, 0) is 43.2 Å². The van der Waals surface area contributed by atoms with E-state index < -0.39 is 0 Å². The largest absolute Gasteiger partial charge is 0.488 e. The van der Waals surface area contributed by atoms with Crippen LogP contribution in [0.5, 0.6) is 5.75 Å². The molecule has 3 heterocycles. The number of benzene rings is 1. The fraction of sp³-hybridized carbons (Fsp3) is 0.348. The molecule has 0 bridgehead atoms. The van der Waals surface area contributed by atoms with Crippen molar-refractivity contribution in [3.05, 3.63) is 71.3 Å². The Morgan fingerprint density at radius 1 is 1.10 bits per heavy atom. The molecule has 1 aliphatic rings. The lowest BCUT2D eigenvalue weighted by Crippen LogP contribution is -2.49. The van der Waals surface area contributed by atoms with Gasteiger partial charge in [-0.15, -0.1) is 0 Å². The first-order valence-corrected chi connectivity index (χ1v) is 10.2. The third-order valence-corrected chi connectivity index (χ3v) is 5.46. The van der Waals surface area contributed by atoms with Gasteiger partial charge in [0.25, 0.3) is 5.91 Å². The van der Waals surface area contributed by atoms with Gasteiger partial charge in [0.2, 0.25) is 5.95 Å². The van der Waals surface area contributed by atoms with Crippen LogP contribution in [0.3, 0.4) is 0 Å². The second-order valence-electron chi connectivity index (χ2n) is 7.71. The predicted octanol–water partition coefficient (Wildman–Crippen LogP) is 2.97. The molecule has 0 radical (unpaired) electrons. The molecule has 0 aliphatic carbocycles. The molecule has 0 saturated carbocycles. The van der Waals surface area contributed by atoms with E-state index in [4.69, 9.17) is 4.74 Å². The Bertz CT molecular complexity index is 1000. The summed E-state index contributed by atoms with van der Waals surface area (Å²) in [5.74, 6) is 1.85. The number of hydrogen-bond donors (Lipinski definition) is 0. The number of anilines is 1. The van der Waals surface area contributed by atoms with Crippen molar-refractivity contribution in [2.24, 2.45) is 7.05 Å². The van der Waals surface area contributed by atoms with Gasteiger partial charge in [-0.2, -0.15) is 0 Å². The van der Waals surface area contributed by atoms with Crippen LogP contribution in [0.4, 0.5) is 5.95 Å². The first kappa shape index (κ1) is 19.9. The van der Waals surface area contributed by atoms with Gasteiger partial charge in [0, 0.05) is 69.1 Å². The summed E-state index contributed by atoms with van der Waals surface area (Å²) < 4.78 is 8.03. The van der Waals surface area contributed by atoms with Crippen LogP contribution >= 0.6 is 0 Å². The summed E-state index contributed by atoms with van der Waals surface area (Å²) >= 11 is 0. The SMILES string of the molecule is Cc1cc(C(=O)N2CCN(c3nccn3C)CC2)cc(C)c1OCc1cccnc1. The Labute approximate surface area is 176 Å². The molecule has 2 aromatic heterocycles. The number of carbonyl (C=O) groups is 1. The molecule has 3 aromatic rings. The van der Waals surface area contributed by atoms with E-state index >= 15 is 0 Å². The quantitative estimate of drug-likeness (QED) is 0.653. The van der Waals surface area contributed by atoms with Crippen LogP contribution in [0, 0.1) is 13.8 Å². The minimum absolute atomic E-state index is 0.0690. The van der Waals surface area contributed by atoms with Crippen molar-refractivity contribution in [1.82, 2.24) is 19.4 Å². The number of ether oxygens (including phenoxy) is 1. The summed E-state index contributed by atoms with van der Waals surface area (Å²) in [6.07, 6.45) is 7.29.